The number of rotatable bonds is 2. The zero-order valence-electron chi connectivity index (χ0n) is 6.60. The van der Waals surface area contributed by atoms with E-state index in [-0.39, 0.29) is 5.02 Å². The molecule has 0 aromatic heterocycles. The van der Waals surface area contributed by atoms with Crippen LogP contribution >= 0.6 is 11.6 Å². The average Bonchev–Trinajstić information content (AvgIpc) is 2.01. The van der Waals surface area contributed by atoms with Gasteiger partial charge in [0.2, 0.25) is 0 Å². The second-order valence-electron chi connectivity index (χ2n) is 2.25. The third-order valence-electron chi connectivity index (χ3n) is 1.35. The van der Waals surface area contributed by atoms with Crippen molar-refractivity contribution in [2.45, 2.75) is 6.61 Å². The maximum atomic E-state index is 12.9. The lowest BCUT2D eigenvalue weighted by molar-refractivity contribution is -0.0501. The Labute approximate surface area is 82.5 Å². The largest absolute Gasteiger partial charge is 0.433 e. The third kappa shape index (κ3) is 2.30. The maximum Gasteiger partial charge on any atom is 0.387 e. The zero-order valence-corrected chi connectivity index (χ0v) is 7.36. The molecule has 0 radical (unpaired) electrons. The van der Waals surface area contributed by atoms with E-state index in [0.29, 0.717) is 0 Å². The van der Waals surface area contributed by atoms with Crippen molar-refractivity contribution in [1.82, 2.24) is 0 Å². The van der Waals surface area contributed by atoms with Gasteiger partial charge in [0.1, 0.15) is 23.2 Å². The van der Waals surface area contributed by atoms with Gasteiger partial charge in [-0.05, 0) is 6.07 Å². The summed E-state index contributed by atoms with van der Waals surface area (Å²) in [6.45, 7) is -3.13. The van der Waals surface area contributed by atoms with E-state index in [9.17, 15) is 13.2 Å². The summed E-state index contributed by atoms with van der Waals surface area (Å²) >= 11 is 5.39. The summed E-state index contributed by atoms with van der Waals surface area (Å²) in [7, 11) is 0. The standard InChI is InChI=1S/C8H3ClF3NO/c9-4-1-6(10)5(3-13)7(2-4)14-8(11)12/h1-2,8H. The van der Waals surface area contributed by atoms with Gasteiger partial charge in [-0.3, -0.25) is 0 Å². The molecule has 0 aliphatic carbocycles. The molecule has 0 N–H and O–H groups in total. The van der Waals surface area contributed by atoms with Crippen LogP contribution in [0.1, 0.15) is 5.56 Å². The molecule has 0 saturated heterocycles. The highest BCUT2D eigenvalue weighted by molar-refractivity contribution is 6.30. The highest BCUT2D eigenvalue weighted by Gasteiger charge is 2.14. The van der Waals surface area contributed by atoms with Crippen LogP contribution in [0, 0.1) is 17.1 Å². The summed E-state index contributed by atoms with van der Waals surface area (Å²) in [5.41, 5.74) is -0.588. The van der Waals surface area contributed by atoms with Crippen LogP contribution in [0.2, 0.25) is 5.02 Å². The Morgan fingerprint density at radius 2 is 2.07 bits per heavy atom. The summed E-state index contributed by atoms with van der Waals surface area (Å²) in [4.78, 5) is 0. The SMILES string of the molecule is N#Cc1c(F)cc(Cl)cc1OC(F)F. The topological polar surface area (TPSA) is 33.0 Å². The molecule has 1 aromatic rings. The number of halogens is 4. The maximum absolute atomic E-state index is 12.9. The molecule has 14 heavy (non-hydrogen) atoms. The van der Waals surface area contributed by atoms with Gasteiger partial charge in [0.25, 0.3) is 0 Å². The third-order valence-corrected chi connectivity index (χ3v) is 1.56. The number of alkyl halides is 2. The second-order valence-corrected chi connectivity index (χ2v) is 2.69. The molecule has 74 valence electrons. The molecule has 0 aliphatic rings. The number of ether oxygens (including phenoxy) is 1. The van der Waals surface area contributed by atoms with E-state index < -0.39 is 23.7 Å². The number of hydrogen-bond donors (Lipinski definition) is 0. The normalized spacial score (nSPS) is 10.0. The van der Waals surface area contributed by atoms with Crippen LogP contribution in [0.4, 0.5) is 13.2 Å². The van der Waals surface area contributed by atoms with E-state index >= 15 is 0 Å². The first-order chi connectivity index (χ1) is 6.54. The monoisotopic (exact) mass is 221 g/mol. The van der Waals surface area contributed by atoms with Crippen LogP contribution in [0.15, 0.2) is 12.1 Å². The molecule has 0 fully saturated rings. The van der Waals surface area contributed by atoms with Crippen LogP contribution in [-0.2, 0) is 0 Å². The van der Waals surface area contributed by atoms with Gasteiger partial charge in [0.15, 0.2) is 0 Å². The molecule has 0 atom stereocenters. The lowest BCUT2D eigenvalue weighted by Gasteiger charge is -2.06. The van der Waals surface area contributed by atoms with Gasteiger partial charge in [-0.1, -0.05) is 11.6 Å². The summed E-state index contributed by atoms with van der Waals surface area (Å²) < 4.78 is 40.5. The van der Waals surface area contributed by atoms with E-state index in [0.717, 1.165) is 12.1 Å². The van der Waals surface area contributed by atoms with E-state index in [1.165, 1.54) is 6.07 Å². The number of benzene rings is 1. The van der Waals surface area contributed by atoms with Crippen molar-refractivity contribution in [1.29, 1.82) is 5.26 Å². The Bertz CT molecular complexity index is 389. The molecule has 0 unspecified atom stereocenters. The molecule has 1 rings (SSSR count). The van der Waals surface area contributed by atoms with Crippen LogP contribution in [0.3, 0.4) is 0 Å². The molecule has 0 saturated carbocycles. The molecule has 0 spiro atoms. The molecule has 0 bridgehead atoms. The Balaban J connectivity index is 3.20. The van der Waals surface area contributed by atoms with Gasteiger partial charge >= 0.3 is 6.61 Å². The Hall–Kier alpha value is -1.41. The summed E-state index contributed by atoms with van der Waals surface area (Å²) in [6.07, 6.45) is 0. The minimum atomic E-state index is -3.13. The average molecular weight is 222 g/mol. The van der Waals surface area contributed by atoms with Gasteiger partial charge in [0, 0.05) is 11.1 Å². The summed E-state index contributed by atoms with van der Waals surface area (Å²) in [5, 5.41) is 8.33. The van der Waals surface area contributed by atoms with Crippen LogP contribution in [0.5, 0.6) is 5.75 Å². The van der Waals surface area contributed by atoms with E-state index in [1.54, 1.807) is 0 Å². The molecular weight excluding hydrogens is 219 g/mol. The van der Waals surface area contributed by atoms with E-state index in [1.807, 2.05) is 0 Å². The van der Waals surface area contributed by atoms with Gasteiger partial charge in [-0.25, -0.2) is 4.39 Å². The van der Waals surface area contributed by atoms with Crippen molar-refractivity contribution in [2.24, 2.45) is 0 Å². The minimum Gasteiger partial charge on any atom is -0.433 e. The molecule has 1 aromatic carbocycles. The first-order valence-electron chi connectivity index (χ1n) is 3.38. The van der Waals surface area contributed by atoms with Crippen molar-refractivity contribution in [3.63, 3.8) is 0 Å². The molecule has 2 nitrogen and oxygen atoms in total. The summed E-state index contributed by atoms with van der Waals surface area (Å²) in [5.74, 6) is -1.55. The van der Waals surface area contributed by atoms with E-state index in [4.69, 9.17) is 16.9 Å². The van der Waals surface area contributed by atoms with Crippen molar-refractivity contribution >= 4 is 11.6 Å². The van der Waals surface area contributed by atoms with Crippen LogP contribution < -0.4 is 4.74 Å². The molecule has 0 aliphatic heterocycles. The number of hydrogen-bond acceptors (Lipinski definition) is 2. The predicted molar refractivity (Wildman–Crippen MR) is 42.8 cm³/mol. The Morgan fingerprint density at radius 1 is 1.43 bits per heavy atom. The lowest BCUT2D eigenvalue weighted by Crippen LogP contribution is -2.04. The van der Waals surface area contributed by atoms with Crippen molar-refractivity contribution in [3.8, 4) is 11.8 Å². The van der Waals surface area contributed by atoms with Gasteiger partial charge in [-0.2, -0.15) is 14.0 Å². The number of nitrogens with zero attached hydrogens (tertiary/aromatic N) is 1. The highest BCUT2D eigenvalue weighted by atomic mass is 35.5. The fourth-order valence-corrected chi connectivity index (χ4v) is 1.04. The molecule has 0 amide bonds. The van der Waals surface area contributed by atoms with Crippen molar-refractivity contribution in [2.75, 3.05) is 0 Å². The first-order valence-corrected chi connectivity index (χ1v) is 3.76. The van der Waals surface area contributed by atoms with E-state index in [2.05, 4.69) is 4.74 Å². The Kier molecular flexibility index (Phi) is 3.20. The van der Waals surface area contributed by atoms with Crippen molar-refractivity contribution in [3.05, 3.63) is 28.5 Å². The van der Waals surface area contributed by atoms with Crippen LogP contribution in [0.25, 0.3) is 0 Å². The quantitative estimate of drug-likeness (QED) is 0.769. The van der Waals surface area contributed by atoms with Gasteiger partial charge in [0.05, 0.1) is 0 Å². The molecule has 0 heterocycles. The number of nitriles is 1. The first kappa shape index (κ1) is 10.7. The minimum absolute atomic E-state index is 0.114. The van der Waals surface area contributed by atoms with Gasteiger partial charge < -0.3 is 4.74 Å². The fraction of sp³-hybridized carbons (Fsp3) is 0.125. The molecular formula is C8H3ClF3NO. The van der Waals surface area contributed by atoms with Crippen molar-refractivity contribution < 1.29 is 17.9 Å². The Morgan fingerprint density at radius 3 is 2.57 bits per heavy atom. The van der Waals surface area contributed by atoms with Gasteiger partial charge in [-0.15, -0.1) is 0 Å². The highest BCUT2D eigenvalue weighted by Crippen LogP contribution is 2.27. The molecule has 6 heteroatoms. The zero-order chi connectivity index (χ0) is 10.7. The smallest absolute Gasteiger partial charge is 0.387 e. The summed E-state index contributed by atoms with van der Waals surface area (Å²) in [6, 6.07) is 3.20. The predicted octanol–water partition coefficient (Wildman–Crippen LogP) is 2.95. The fourth-order valence-electron chi connectivity index (χ4n) is 0.847. The van der Waals surface area contributed by atoms with Crippen LogP contribution in [-0.4, -0.2) is 6.61 Å². The second kappa shape index (κ2) is 4.20. The lowest BCUT2D eigenvalue weighted by atomic mass is 10.2.